The van der Waals surface area contributed by atoms with Gasteiger partial charge in [-0.15, -0.1) is 10.2 Å². The van der Waals surface area contributed by atoms with E-state index in [1.54, 1.807) is 16.8 Å². The van der Waals surface area contributed by atoms with Crippen LogP contribution < -0.4 is 0 Å². The van der Waals surface area contributed by atoms with E-state index in [4.69, 9.17) is 16.3 Å². The predicted octanol–water partition coefficient (Wildman–Crippen LogP) is 1.75. The number of halogens is 1. The molecule has 86 valence electrons. The summed E-state index contributed by atoms with van der Waals surface area (Å²) in [4.78, 5) is 3.95. The van der Waals surface area contributed by atoms with Crippen molar-refractivity contribution in [3.63, 3.8) is 0 Å². The quantitative estimate of drug-likeness (QED) is 0.748. The standard InChI is InChI=1S/C10H13ClN4O/c1-2-4-16-5-3-9-13-14-10-7-12-6-8(11)15(9)10/h6-7H,2-5H2,1H3. The van der Waals surface area contributed by atoms with Crippen molar-refractivity contribution in [2.24, 2.45) is 0 Å². The van der Waals surface area contributed by atoms with Crippen molar-refractivity contribution in [2.45, 2.75) is 19.8 Å². The summed E-state index contributed by atoms with van der Waals surface area (Å²) >= 11 is 6.02. The topological polar surface area (TPSA) is 52.3 Å². The molecule has 0 radical (unpaired) electrons. The minimum atomic E-state index is 0.521. The van der Waals surface area contributed by atoms with E-state index in [0.29, 0.717) is 23.8 Å². The van der Waals surface area contributed by atoms with E-state index < -0.39 is 0 Å². The van der Waals surface area contributed by atoms with Gasteiger partial charge in [-0.1, -0.05) is 18.5 Å². The highest BCUT2D eigenvalue weighted by atomic mass is 35.5. The Morgan fingerprint density at radius 3 is 3.00 bits per heavy atom. The first-order chi connectivity index (χ1) is 7.83. The van der Waals surface area contributed by atoms with Crippen LogP contribution in [0.3, 0.4) is 0 Å². The van der Waals surface area contributed by atoms with E-state index in [0.717, 1.165) is 18.9 Å². The van der Waals surface area contributed by atoms with E-state index in [1.807, 2.05) is 0 Å². The van der Waals surface area contributed by atoms with Crippen molar-refractivity contribution in [1.82, 2.24) is 19.6 Å². The van der Waals surface area contributed by atoms with Crippen molar-refractivity contribution in [2.75, 3.05) is 13.2 Å². The normalized spacial score (nSPS) is 11.1. The van der Waals surface area contributed by atoms with Gasteiger partial charge in [0.15, 0.2) is 5.65 Å². The fourth-order valence-electron chi connectivity index (χ4n) is 1.44. The number of rotatable bonds is 5. The number of hydrogen-bond donors (Lipinski definition) is 0. The van der Waals surface area contributed by atoms with Crippen LogP contribution in [0.15, 0.2) is 12.4 Å². The summed E-state index contributed by atoms with van der Waals surface area (Å²) in [6, 6.07) is 0. The number of nitrogens with zero attached hydrogens (tertiary/aromatic N) is 4. The van der Waals surface area contributed by atoms with Crippen LogP contribution in [0, 0.1) is 0 Å². The van der Waals surface area contributed by atoms with Crippen LogP contribution in [0.25, 0.3) is 5.65 Å². The third-order valence-corrected chi connectivity index (χ3v) is 2.42. The largest absolute Gasteiger partial charge is 0.381 e. The van der Waals surface area contributed by atoms with E-state index >= 15 is 0 Å². The van der Waals surface area contributed by atoms with Crippen molar-refractivity contribution in [3.8, 4) is 0 Å². The molecule has 0 atom stereocenters. The summed E-state index contributed by atoms with van der Waals surface area (Å²) in [5, 5.41) is 8.57. The van der Waals surface area contributed by atoms with E-state index in [1.165, 1.54) is 0 Å². The summed E-state index contributed by atoms with van der Waals surface area (Å²) in [5.41, 5.74) is 0.665. The molecule has 2 heterocycles. The van der Waals surface area contributed by atoms with Crippen LogP contribution in [0.2, 0.25) is 5.15 Å². The third-order valence-electron chi connectivity index (χ3n) is 2.16. The maximum Gasteiger partial charge on any atom is 0.180 e. The lowest BCUT2D eigenvalue weighted by atomic mass is 10.4. The Morgan fingerprint density at radius 2 is 2.19 bits per heavy atom. The Morgan fingerprint density at radius 1 is 1.31 bits per heavy atom. The summed E-state index contributed by atoms with van der Waals surface area (Å²) in [6.07, 6.45) is 4.93. The second-order valence-corrected chi connectivity index (χ2v) is 3.79. The minimum Gasteiger partial charge on any atom is -0.381 e. The van der Waals surface area contributed by atoms with Gasteiger partial charge in [0.05, 0.1) is 19.0 Å². The number of hydrogen-bond acceptors (Lipinski definition) is 4. The van der Waals surface area contributed by atoms with Gasteiger partial charge < -0.3 is 4.74 Å². The zero-order chi connectivity index (χ0) is 11.4. The summed E-state index contributed by atoms with van der Waals surface area (Å²) in [6.45, 7) is 3.48. The molecule has 2 rings (SSSR count). The molecule has 0 aliphatic carbocycles. The molecule has 16 heavy (non-hydrogen) atoms. The third kappa shape index (κ3) is 2.31. The van der Waals surface area contributed by atoms with Gasteiger partial charge in [0.25, 0.3) is 0 Å². The average Bonchev–Trinajstić information content (AvgIpc) is 2.69. The van der Waals surface area contributed by atoms with Crippen molar-refractivity contribution < 1.29 is 4.74 Å². The zero-order valence-electron chi connectivity index (χ0n) is 9.06. The molecule has 0 aromatic carbocycles. The van der Waals surface area contributed by atoms with E-state index in [2.05, 4.69) is 22.1 Å². The van der Waals surface area contributed by atoms with Crippen molar-refractivity contribution >= 4 is 17.2 Å². The van der Waals surface area contributed by atoms with Gasteiger partial charge in [-0.3, -0.25) is 9.38 Å². The van der Waals surface area contributed by atoms with Crippen LogP contribution in [-0.2, 0) is 11.2 Å². The molecule has 0 bridgehead atoms. The number of aromatic nitrogens is 4. The smallest absolute Gasteiger partial charge is 0.180 e. The van der Waals surface area contributed by atoms with E-state index in [9.17, 15) is 0 Å². The lowest BCUT2D eigenvalue weighted by Crippen LogP contribution is -2.04. The molecule has 0 aliphatic rings. The second kappa shape index (κ2) is 5.23. The molecule has 2 aromatic heterocycles. The van der Waals surface area contributed by atoms with Gasteiger partial charge in [0.2, 0.25) is 0 Å². The van der Waals surface area contributed by atoms with Crippen LogP contribution in [0.5, 0.6) is 0 Å². The lowest BCUT2D eigenvalue weighted by molar-refractivity contribution is 0.136. The van der Waals surface area contributed by atoms with E-state index in [-0.39, 0.29) is 0 Å². The Hall–Kier alpha value is -1.20. The molecule has 0 N–H and O–H groups in total. The van der Waals surface area contributed by atoms with Gasteiger partial charge in [-0.25, -0.2) is 0 Å². The fraction of sp³-hybridized carbons (Fsp3) is 0.500. The molecule has 5 nitrogen and oxygen atoms in total. The van der Waals surface area contributed by atoms with Gasteiger partial charge in [0.1, 0.15) is 11.0 Å². The lowest BCUT2D eigenvalue weighted by Gasteiger charge is -2.02. The molecular weight excluding hydrogens is 228 g/mol. The summed E-state index contributed by atoms with van der Waals surface area (Å²) in [5.74, 6) is 0.804. The van der Waals surface area contributed by atoms with Crippen LogP contribution in [0.4, 0.5) is 0 Å². The molecule has 2 aromatic rings. The molecule has 6 heteroatoms. The summed E-state index contributed by atoms with van der Waals surface area (Å²) in [7, 11) is 0. The molecule has 0 aliphatic heterocycles. The van der Waals surface area contributed by atoms with Crippen molar-refractivity contribution in [1.29, 1.82) is 0 Å². The highest BCUT2D eigenvalue weighted by Gasteiger charge is 2.08. The Labute approximate surface area is 98.4 Å². The van der Waals surface area contributed by atoms with Crippen LogP contribution in [-0.4, -0.2) is 32.8 Å². The fourth-order valence-corrected chi connectivity index (χ4v) is 1.68. The Kier molecular flexibility index (Phi) is 3.69. The van der Waals surface area contributed by atoms with Gasteiger partial charge in [0, 0.05) is 13.0 Å². The van der Waals surface area contributed by atoms with Crippen molar-refractivity contribution in [3.05, 3.63) is 23.4 Å². The highest BCUT2D eigenvalue weighted by Crippen LogP contribution is 2.11. The summed E-state index contributed by atoms with van der Waals surface area (Å²) < 4.78 is 7.19. The highest BCUT2D eigenvalue weighted by molar-refractivity contribution is 6.29. The Balaban J connectivity index is 2.12. The first-order valence-corrected chi connectivity index (χ1v) is 5.62. The first kappa shape index (κ1) is 11.3. The van der Waals surface area contributed by atoms with Gasteiger partial charge in [-0.2, -0.15) is 0 Å². The minimum absolute atomic E-state index is 0.521. The van der Waals surface area contributed by atoms with Crippen LogP contribution in [0.1, 0.15) is 19.2 Å². The predicted molar refractivity (Wildman–Crippen MR) is 60.6 cm³/mol. The maximum atomic E-state index is 6.02. The molecule has 0 amide bonds. The first-order valence-electron chi connectivity index (χ1n) is 5.24. The molecule has 0 saturated carbocycles. The van der Waals surface area contributed by atoms with Crippen LogP contribution >= 0.6 is 11.6 Å². The van der Waals surface area contributed by atoms with Gasteiger partial charge in [-0.05, 0) is 6.42 Å². The Bertz CT molecular complexity index is 471. The zero-order valence-corrected chi connectivity index (χ0v) is 9.81. The molecule has 0 spiro atoms. The number of ether oxygens (including phenoxy) is 1. The number of fused-ring (bicyclic) bond motifs is 1. The monoisotopic (exact) mass is 240 g/mol. The average molecular weight is 241 g/mol. The molecular formula is C10H13ClN4O. The second-order valence-electron chi connectivity index (χ2n) is 3.40. The maximum absolute atomic E-state index is 6.02. The molecule has 0 fully saturated rings. The SMILES string of the molecule is CCCOCCc1nnc2cncc(Cl)n12. The molecule has 0 unspecified atom stereocenters. The molecule has 0 saturated heterocycles. The van der Waals surface area contributed by atoms with Gasteiger partial charge >= 0.3 is 0 Å².